The first-order valence-electron chi connectivity index (χ1n) is 8.51. The standard InChI is InChI=1S/C19H30N2O2.ClH/c1-12(2)10-14(20)11-21-19(3,4)18(23)16-15(17(16)22)13-8-6-5-7-9-13;/h5-9,12,14-16,18,21,23H,10-11,20H2,1-4H3;1H/t14-,15?,16?,18-;/m1./s1. The van der Waals surface area contributed by atoms with Crippen molar-refractivity contribution in [3.63, 3.8) is 0 Å². The third kappa shape index (κ3) is 5.03. The van der Waals surface area contributed by atoms with Gasteiger partial charge in [0, 0.05) is 18.1 Å². The predicted octanol–water partition coefficient (Wildman–Crippen LogP) is 2.49. The Morgan fingerprint density at radius 3 is 2.38 bits per heavy atom. The van der Waals surface area contributed by atoms with E-state index in [1.807, 2.05) is 44.2 Å². The summed E-state index contributed by atoms with van der Waals surface area (Å²) in [7, 11) is 0. The van der Waals surface area contributed by atoms with Crippen LogP contribution in [0, 0.1) is 11.8 Å². The lowest BCUT2D eigenvalue weighted by Crippen LogP contribution is -2.54. The average Bonchev–Trinajstić information content (AvgIpc) is 3.16. The van der Waals surface area contributed by atoms with E-state index in [9.17, 15) is 9.90 Å². The predicted molar refractivity (Wildman–Crippen MR) is 100 cm³/mol. The molecule has 4 atom stereocenters. The van der Waals surface area contributed by atoms with Gasteiger partial charge in [-0.25, -0.2) is 0 Å². The van der Waals surface area contributed by atoms with Gasteiger partial charge in [0.25, 0.3) is 0 Å². The number of aliphatic hydroxyl groups is 1. The Balaban J connectivity index is 0.00000288. The van der Waals surface area contributed by atoms with Crippen LogP contribution in [-0.2, 0) is 4.79 Å². The molecular weight excluding hydrogens is 324 g/mol. The molecule has 1 fully saturated rings. The molecule has 5 heteroatoms. The summed E-state index contributed by atoms with van der Waals surface area (Å²) in [5, 5.41) is 14.0. The smallest absolute Gasteiger partial charge is 0.147 e. The van der Waals surface area contributed by atoms with Crippen LogP contribution < -0.4 is 11.1 Å². The molecule has 4 nitrogen and oxygen atoms in total. The summed E-state index contributed by atoms with van der Waals surface area (Å²) in [6.07, 6.45) is 0.222. The number of nitrogens with two attached hydrogens (primary N) is 1. The van der Waals surface area contributed by atoms with Crippen LogP contribution in [0.4, 0.5) is 0 Å². The van der Waals surface area contributed by atoms with Gasteiger partial charge in [0.05, 0.1) is 17.9 Å². The third-order valence-corrected chi connectivity index (χ3v) is 4.72. The summed E-state index contributed by atoms with van der Waals surface area (Å²) < 4.78 is 0. The van der Waals surface area contributed by atoms with Gasteiger partial charge < -0.3 is 16.2 Å². The molecule has 0 radical (unpaired) electrons. The molecule has 136 valence electrons. The molecule has 4 N–H and O–H groups in total. The SMILES string of the molecule is CC(C)C[C@@H](N)CNC(C)(C)[C@H](O)C1C(=O)C1c1ccccc1.Cl. The number of nitrogens with one attached hydrogen (secondary N) is 1. The first-order valence-corrected chi connectivity index (χ1v) is 8.51. The van der Waals surface area contributed by atoms with Gasteiger partial charge in [-0.1, -0.05) is 44.2 Å². The van der Waals surface area contributed by atoms with Crippen LogP contribution in [-0.4, -0.2) is 35.1 Å². The Labute approximate surface area is 151 Å². The second kappa shape index (κ2) is 8.43. The first kappa shape index (κ1) is 21.1. The van der Waals surface area contributed by atoms with Crippen molar-refractivity contribution in [2.24, 2.45) is 17.6 Å². The van der Waals surface area contributed by atoms with Crippen molar-refractivity contribution >= 4 is 18.2 Å². The maximum absolute atomic E-state index is 12.2. The Morgan fingerprint density at radius 1 is 1.25 bits per heavy atom. The molecule has 1 saturated carbocycles. The van der Waals surface area contributed by atoms with Gasteiger partial charge in [-0.2, -0.15) is 0 Å². The van der Waals surface area contributed by atoms with Crippen LogP contribution in [0.15, 0.2) is 30.3 Å². The number of carbonyl (C=O) groups is 1. The Bertz CT molecular complexity index is 533. The van der Waals surface area contributed by atoms with Gasteiger partial charge in [0.2, 0.25) is 0 Å². The van der Waals surface area contributed by atoms with Gasteiger partial charge in [-0.15, -0.1) is 12.4 Å². The molecule has 1 aromatic rings. The van der Waals surface area contributed by atoms with Crippen molar-refractivity contribution in [3.05, 3.63) is 35.9 Å². The zero-order valence-electron chi connectivity index (χ0n) is 15.0. The number of hydrogen-bond acceptors (Lipinski definition) is 4. The van der Waals surface area contributed by atoms with Gasteiger partial charge in [0.15, 0.2) is 0 Å². The van der Waals surface area contributed by atoms with Crippen LogP contribution in [0.1, 0.15) is 45.6 Å². The normalized spacial score (nSPS) is 22.9. The van der Waals surface area contributed by atoms with Gasteiger partial charge in [-0.3, -0.25) is 4.79 Å². The van der Waals surface area contributed by atoms with E-state index in [0.717, 1.165) is 12.0 Å². The first-order chi connectivity index (χ1) is 10.7. The molecule has 24 heavy (non-hydrogen) atoms. The zero-order chi connectivity index (χ0) is 17.2. The number of benzene rings is 1. The van der Waals surface area contributed by atoms with E-state index >= 15 is 0 Å². The second-order valence-corrected chi connectivity index (χ2v) is 7.75. The zero-order valence-corrected chi connectivity index (χ0v) is 15.8. The van der Waals surface area contributed by atoms with Gasteiger partial charge in [-0.05, 0) is 31.7 Å². The molecule has 2 unspecified atom stereocenters. The summed E-state index contributed by atoms with van der Waals surface area (Å²) in [6.45, 7) is 8.81. The molecule has 0 aromatic heterocycles. The summed E-state index contributed by atoms with van der Waals surface area (Å²) in [5.41, 5.74) is 6.56. The third-order valence-electron chi connectivity index (χ3n) is 4.72. The topological polar surface area (TPSA) is 75.3 Å². The van der Waals surface area contributed by atoms with Gasteiger partial charge >= 0.3 is 0 Å². The fourth-order valence-electron chi connectivity index (χ4n) is 3.27. The number of aliphatic hydroxyl groups excluding tert-OH is 1. The number of rotatable bonds is 8. The number of halogens is 1. The molecule has 1 aliphatic carbocycles. The van der Waals surface area contributed by atoms with E-state index in [2.05, 4.69) is 19.2 Å². The molecule has 0 aliphatic heterocycles. The van der Waals surface area contributed by atoms with E-state index in [0.29, 0.717) is 12.5 Å². The van der Waals surface area contributed by atoms with Crippen molar-refractivity contribution in [3.8, 4) is 0 Å². The highest BCUT2D eigenvalue weighted by Gasteiger charge is 2.57. The van der Waals surface area contributed by atoms with E-state index in [1.165, 1.54) is 0 Å². The monoisotopic (exact) mass is 354 g/mol. The summed E-state index contributed by atoms with van der Waals surface area (Å²) in [4.78, 5) is 12.2. The lowest BCUT2D eigenvalue weighted by molar-refractivity contribution is -0.113. The quantitative estimate of drug-likeness (QED) is 0.670. The Kier molecular flexibility index (Phi) is 7.42. The maximum Gasteiger partial charge on any atom is 0.147 e. The number of carbonyl (C=O) groups excluding carboxylic acids is 1. The largest absolute Gasteiger partial charge is 0.390 e. The molecule has 0 amide bonds. The lowest BCUT2D eigenvalue weighted by Gasteiger charge is -2.33. The molecular formula is C19H31ClN2O2. The Hall–Kier alpha value is -0.940. The van der Waals surface area contributed by atoms with Crippen molar-refractivity contribution < 1.29 is 9.90 Å². The fourth-order valence-corrected chi connectivity index (χ4v) is 3.27. The molecule has 1 aromatic carbocycles. The molecule has 0 saturated heterocycles. The van der Waals surface area contributed by atoms with E-state index in [4.69, 9.17) is 5.73 Å². The lowest BCUT2D eigenvalue weighted by atomic mass is 9.91. The molecule has 0 heterocycles. The summed E-state index contributed by atoms with van der Waals surface area (Å²) in [5.74, 6) is 0.190. The minimum Gasteiger partial charge on any atom is -0.390 e. The number of hydrogen-bond donors (Lipinski definition) is 3. The van der Waals surface area contributed by atoms with Crippen LogP contribution in [0.25, 0.3) is 0 Å². The average molecular weight is 355 g/mol. The number of Topliss-reactive ketones (excluding diaryl/α,β-unsaturated/α-hetero) is 1. The fraction of sp³-hybridized carbons (Fsp3) is 0.632. The van der Waals surface area contributed by atoms with Crippen molar-refractivity contribution in [1.29, 1.82) is 0 Å². The minimum atomic E-state index is -0.716. The molecule has 0 spiro atoms. The van der Waals surface area contributed by atoms with Crippen LogP contribution in [0.3, 0.4) is 0 Å². The highest BCUT2D eigenvalue weighted by Crippen LogP contribution is 2.47. The van der Waals surface area contributed by atoms with E-state index in [-0.39, 0.29) is 36.1 Å². The maximum atomic E-state index is 12.2. The molecule has 1 aliphatic rings. The van der Waals surface area contributed by atoms with Gasteiger partial charge in [0.1, 0.15) is 5.78 Å². The molecule has 0 bridgehead atoms. The van der Waals surface area contributed by atoms with Crippen LogP contribution in [0.5, 0.6) is 0 Å². The van der Waals surface area contributed by atoms with Crippen molar-refractivity contribution in [2.45, 2.75) is 57.7 Å². The summed E-state index contributed by atoms with van der Waals surface area (Å²) >= 11 is 0. The van der Waals surface area contributed by atoms with Crippen LogP contribution in [0.2, 0.25) is 0 Å². The second-order valence-electron chi connectivity index (χ2n) is 7.75. The van der Waals surface area contributed by atoms with E-state index in [1.54, 1.807) is 0 Å². The number of ketones is 1. The van der Waals surface area contributed by atoms with Crippen LogP contribution >= 0.6 is 12.4 Å². The minimum absolute atomic E-state index is 0. The highest BCUT2D eigenvalue weighted by molar-refractivity contribution is 6.05. The highest BCUT2D eigenvalue weighted by atomic mass is 35.5. The van der Waals surface area contributed by atoms with Crippen molar-refractivity contribution in [2.75, 3.05) is 6.54 Å². The van der Waals surface area contributed by atoms with Crippen molar-refractivity contribution in [1.82, 2.24) is 5.32 Å². The summed E-state index contributed by atoms with van der Waals surface area (Å²) in [6, 6.07) is 9.75. The molecule has 2 rings (SSSR count). The van der Waals surface area contributed by atoms with E-state index < -0.39 is 11.6 Å². The Morgan fingerprint density at radius 2 is 1.83 bits per heavy atom.